The second kappa shape index (κ2) is 6.59. The number of hydrogen-bond donors (Lipinski definition) is 1. The van der Waals surface area contributed by atoms with Crippen LogP contribution >= 0.6 is 0 Å². The zero-order valence-corrected chi connectivity index (χ0v) is 15.4. The van der Waals surface area contributed by atoms with Crippen molar-refractivity contribution in [1.82, 2.24) is 4.90 Å². The van der Waals surface area contributed by atoms with Crippen LogP contribution in [0.15, 0.2) is 48.5 Å². The molecule has 2 bridgehead atoms. The number of fused-ring (bicyclic) bond motifs is 3. The van der Waals surface area contributed by atoms with Crippen molar-refractivity contribution in [3.8, 4) is 0 Å². The van der Waals surface area contributed by atoms with Gasteiger partial charge in [0.2, 0.25) is 0 Å². The molecule has 2 aromatic carbocycles. The molecule has 1 N–H and O–H groups in total. The van der Waals surface area contributed by atoms with Gasteiger partial charge in [-0.25, -0.2) is 0 Å². The maximum atomic E-state index is 12.0. The first-order chi connectivity index (χ1) is 12.1. The van der Waals surface area contributed by atoms with E-state index >= 15 is 0 Å². The summed E-state index contributed by atoms with van der Waals surface area (Å²) in [5, 5.41) is 12.0. The SMILES string of the molecule is Cc1cccc(C(O)(CC2CN3CCC2CC3)c2ccccc2C)c1. The molecule has 2 heteroatoms. The van der Waals surface area contributed by atoms with Crippen LogP contribution in [0.5, 0.6) is 0 Å². The van der Waals surface area contributed by atoms with Crippen molar-refractivity contribution in [3.05, 3.63) is 70.8 Å². The molecule has 3 saturated heterocycles. The molecule has 0 amide bonds. The third-order valence-electron chi connectivity index (χ3n) is 6.44. The molecule has 3 aliphatic heterocycles. The minimum Gasteiger partial charge on any atom is -0.380 e. The number of hydrogen-bond acceptors (Lipinski definition) is 2. The molecule has 132 valence electrons. The number of aryl methyl sites for hydroxylation is 2. The first kappa shape index (κ1) is 16.8. The van der Waals surface area contributed by atoms with Gasteiger partial charge in [-0.1, -0.05) is 54.1 Å². The first-order valence-corrected chi connectivity index (χ1v) is 9.64. The fraction of sp³-hybridized carbons (Fsp3) is 0.478. The normalized spacial score (nSPS) is 27.9. The Bertz CT molecular complexity index is 747. The summed E-state index contributed by atoms with van der Waals surface area (Å²) in [4.78, 5) is 2.58. The Morgan fingerprint density at radius 3 is 2.44 bits per heavy atom. The maximum absolute atomic E-state index is 12.0. The van der Waals surface area contributed by atoms with E-state index in [9.17, 15) is 5.11 Å². The fourth-order valence-corrected chi connectivity index (χ4v) is 5.02. The van der Waals surface area contributed by atoms with Gasteiger partial charge in [-0.3, -0.25) is 0 Å². The predicted octanol–water partition coefficient (Wildman–Crippen LogP) is 4.27. The number of nitrogens with zero attached hydrogens (tertiary/aromatic N) is 1. The second-order valence-electron chi connectivity index (χ2n) is 8.15. The third-order valence-corrected chi connectivity index (χ3v) is 6.44. The van der Waals surface area contributed by atoms with Crippen LogP contribution in [0.2, 0.25) is 0 Å². The third kappa shape index (κ3) is 3.14. The molecule has 0 saturated carbocycles. The maximum Gasteiger partial charge on any atom is 0.115 e. The zero-order valence-electron chi connectivity index (χ0n) is 15.4. The molecule has 0 aromatic heterocycles. The van der Waals surface area contributed by atoms with E-state index < -0.39 is 5.60 Å². The highest BCUT2D eigenvalue weighted by Gasteiger charge is 2.41. The highest BCUT2D eigenvalue weighted by Crippen LogP contribution is 2.43. The molecule has 2 aromatic rings. The molecule has 2 atom stereocenters. The molecule has 25 heavy (non-hydrogen) atoms. The van der Waals surface area contributed by atoms with E-state index in [0.29, 0.717) is 5.92 Å². The molecule has 2 unspecified atom stereocenters. The Morgan fingerprint density at radius 2 is 1.80 bits per heavy atom. The van der Waals surface area contributed by atoms with Crippen molar-refractivity contribution in [1.29, 1.82) is 0 Å². The lowest BCUT2D eigenvalue weighted by atomic mass is 9.70. The van der Waals surface area contributed by atoms with Gasteiger partial charge in [0.15, 0.2) is 0 Å². The van der Waals surface area contributed by atoms with E-state index in [1.807, 2.05) is 0 Å². The topological polar surface area (TPSA) is 23.5 Å². The van der Waals surface area contributed by atoms with Crippen LogP contribution in [0.1, 0.15) is 41.5 Å². The van der Waals surface area contributed by atoms with E-state index in [-0.39, 0.29) is 0 Å². The summed E-state index contributed by atoms with van der Waals surface area (Å²) in [6.07, 6.45) is 3.41. The average Bonchev–Trinajstić information content (AvgIpc) is 2.63. The van der Waals surface area contributed by atoms with Gasteiger partial charge in [-0.15, -0.1) is 0 Å². The van der Waals surface area contributed by atoms with Gasteiger partial charge in [0.25, 0.3) is 0 Å². The van der Waals surface area contributed by atoms with Crippen LogP contribution in [-0.2, 0) is 5.60 Å². The fourth-order valence-electron chi connectivity index (χ4n) is 5.02. The van der Waals surface area contributed by atoms with Gasteiger partial charge < -0.3 is 10.0 Å². The summed E-state index contributed by atoms with van der Waals surface area (Å²) < 4.78 is 0. The zero-order chi connectivity index (χ0) is 17.4. The minimum atomic E-state index is -0.902. The highest BCUT2D eigenvalue weighted by molar-refractivity contribution is 5.41. The molecule has 3 fully saturated rings. The Hall–Kier alpha value is -1.64. The van der Waals surface area contributed by atoms with Crippen LogP contribution in [0.25, 0.3) is 0 Å². The number of rotatable bonds is 4. The van der Waals surface area contributed by atoms with Crippen molar-refractivity contribution < 1.29 is 5.11 Å². The van der Waals surface area contributed by atoms with E-state index in [1.165, 1.54) is 37.1 Å². The molecule has 2 nitrogen and oxygen atoms in total. The molecule has 0 spiro atoms. The van der Waals surface area contributed by atoms with Crippen LogP contribution in [-0.4, -0.2) is 29.6 Å². The smallest absolute Gasteiger partial charge is 0.115 e. The summed E-state index contributed by atoms with van der Waals surface area (Å²) in [7, 11) is 0. The van der Waals surface area contributed by atoms with Crippen LogP contribution < -0.4 is 0 Å². The lowest BCUT2D eigenvalue weighted by Crippen LogP contribution is -2.49. The predicted molar refractivity (Wildman–Crippen MR) is 103 cm³/mol. The van der Waals surface area contributed by atoms with Crippen molar-refractivity contribution in [3.63, 3.8) is 0 Å². The average molecular weight is 335 g/mol. The van der Waals surface area contributed by atoms with Gasteiger partial charge in [0.05, 0.1) is 0 Å². The quantitative estimate of drug-likeness (QED) is 0.902. The Kier molecular flexibility index (Phi) is 4.43. The number of piperidine rings is 3. The van der Waals surface area contributed by atoms with Crippen molar-refractivity contribution in [2.75, 3.05) is 19.6 Å². The second-order valence-corrected chi connectivity index (χ2v) is 8.15. The lowest BCUT2D eigenvalue weighted by molar-refractivity contribution is -0.0138. The van der Waals surface area contributed by atoms with Gasteiger partial charge in [0, 0.05) is 6.54 Å². The van der Waals surface area contributed by atoms with Crippen molar-refractivity contribution in [2.45, 2.75) is 38.7 Å². The van der Waals surface area contributed by atoms with Crippen LogP contribution in [0.3, 0.4) is 0 Å². The van der Waals surface area contributed by atoms with E-state index in [4.69, 9.17) is 0 Å². The van der Waals surface area contributed by atoms with Crippen molar-refractivity contribution in [2.24, 2.45) is 11.8 Å². The largest absolute Gasteiger partial charge is 0.380 e. The molecule has 3 heterocycles. The Labute approximate surface area is 151 Å². The van der Waals surface area contributed by atoms with E-state index in [0.717, 1.165) is 30.0 Å². The van der Waals surface area contributed by atoms with E-state index in [2.05, 4.69) is 67.3 Å². The standard InChI is InChI=1S/C23H29NO/c1-17-6-5-8-21(14-17)23(25,22-9-4-3-7-18(22)2)15-20-16-24-12-10-19(20)11-13-24/h3-9,14,19-20,25H,10-13,15-16H2,1-2H3. The number of aliphatic hydroxyl groups is 1. The van der Waals surface area contributed by atoms with Crippen LogP contribution in [0, 0.1) is 25.7 Å². The van der Waals surface area contributed by atoms with E-state index in [1.54, 1.807) is 0 Å². The van der Waals surface area contributed by atoms with Crippen molar-refractivity contribution >= 4 is 0 Å². The summed E-state index contributed by atoms with van der Waals surface area (Å²) in [5.41, 5.74) is 3.59. The number of benzene rings is 2. The van der Waals surface area contributed by atoms with Gasteiger partial charge in [0.1, 0.15) is 5.60 Å². The Morgan fingerprint density at radius 1 is 1.04 bits per heavy atom. The van der Waals surface area contributed by atoms with Gasteiger partial charge in [-0.05, 0) is 74.7 Å². The lowest BCUT2D eigenvalue weighted by Gasteiger charge is -2.47. The highest BCUT2D eigenvalue weighted by atomic mass is 16.3. The summed E-state index contributed by atoms with van der Waals surface area (Å²) >= 11 is 0. The molecular weight excluding hydrogens is 306 g/mol. The molecular formula is C23H29NO. The molecule has 3 aliphatic rings. The van der Waals surface area contributed by atoms with Gasteiger partial charge in [-0.2, -0.15) is 0 Å². The minimum absolute atomic E-state index is 0.576. The first-order valence-electron chi connectivity index (χ1n) is 9.64. The molecule has 0 radical (unpaired) electrons. The molecule has 0 aliphatic carbocycles. The summed E-state index contributed by atoms with van der Waals surface area (Å²) in [5.74, 6) is 1.35. The monoisotopic (exact) mass is 335 g/mol. The summed E-state index contributed by atoms with van der Waals surface area (Å²) in [6, 6.07) is 16.8. The summed E-state index contributed by atoms with van der Waals surface area (Å²) in [6.45, 7) is 7.86. The van der Waals surface area contributed by atoms with Crippen LogP contribution in [0.4, 0.5) is 0 Å². The van der Waals surface area contributed by atoms with Gasteiger partial charge >= 0.3 is 0 Å². The molecule has 5 rings (SSSR count). The Balaban J connectivity index is 1.75.